The second-order valence-electron chi connectivity index (χ2n) is 6.34. The number of anilines is 1. The summed E-state index contributed by atoms with van der Waals surface area (Å²) < 4.78 is 36.4. The van der Waals surface area contributed by atoms with E-state index in [1.54, 1.807) is 11.8 Å². The van der Waals surface area contributed by atoms with Crippen molar-refractivity contribution in [2.24, 2.45) is 5.73 Å². The Morgan fingerprint density at radius 3 is 2.81 bits per heavy atom. The molecule has 0 amide bonds. The number of nitrogens with two attached hydrogens (primary N) is 1. The minimum Gasteiger partial charge on any atom is -0.462 e. The third-order valence-corrected chi connectivity index (χ3v) is 5.80. The van der Waals surface area contributed by atoms with Crippen LogP contribution in [0.4, 0.5) is 14.5 Å². The lowest BCUT2D eigenvalue weighted by Crippen LogP contribution is -2.30. The molecule has 0 radical (unpaired) electrons. The number of thioether (sulfide) groups is 1. The van der Waals surface area contributed by atoms with Gasteiger partial charge in [-0.1, -0.05) is 11.8 Å². The van der Waals surface area contributed by atoms with Gasteiger partial charge < -0.3 is 19.9 Å². The molecule has 26 heavy (non-hydrogen) atoms. The Hall–Kier alpha value is -2.13. The maximum atomic E-state index is 15.2. The van der Waals surface area contributed by atoms with Gasteiger partial charge in [0.25, 0.3) is 0 Å². The van der Waals surface area contributed by atoms with Gasteiger partial charge in [-0.25, -0.2) is 13.6 Å². The molecular formula is C17H17F2N3O3S. The second-order valence-corrected chi connectivity index (χ2v) is 7.28. The van der Waals surface area contributed by atoms with E-state index in [0.29, 0.717) is 30.4 Å². The number of nitrogens with zero attached hydrogens (tertiary/aromatic N) is 2. The zero-order valence-corrected chi connectivity index (χ0v) is 14.9. The summed E-state index contributed by atoms with van der Waals surface area (Å²) in [5, 5.41) is 0.204. The third kappa shape index (κ3) is 2.41. The highest BCUT2D eigenvalue weighted by Gasteiger charge is 2.33. The summed E-state index contributed by atoms with van der Waals surface area (Å²) in [5.74, 6) is -2.02. The molecule has 1 aromatic carbocycles. The molecule has 1 unspecified atom stereocenters. The first-order valence-corrected chi connectivity index (χ1v) is 9.31. The molecule has 0 aliphatic carbocycles. The fourth-order valence-corrected chi connectivity index (χ4v) is 4.43. The van der Waals surface area contributed by atoms with E-state index in [1.165, 1.54) is 16.3 Å². The number of ether oxygens (including phenoxy) is 1. The monoisotopic (exact) mass is 381 g/mol. The first-order valence-electron chi connectivity index (χ1n) is 8.33. The standard InChI is InChI=1S/C17H17F2N3O3S/c1-2-25-17(24)11-15(23)9-5-10(18)14(21-4-3-8(20)6-21)12(19)13(9)22-7-26-16(11)22/h5,8H,2-4,6-7,20H2,1H3. The van der Waals surface area contributed by atoms with Crippen molar-refractivity contribution in [1.82, 2.24) is 4.57 Å². The minimum atomic E-state index is -0.830. The van der Waals surface area contributed by atoms with Crippen molar-refractivity contribution < 1.29 is 18.3 Å². The van der Waals surface area contributed by atoms with Gasteiger partial charge >= 0.3 is 5.97 Å². The lowest BCUT2D eigenvalue weighted by molar-refractivity contribution is 0.0518. The largest absolute Gasteiger partial charge is 0.462 e. The Kier molecular flexibility index (Phi) is 4.15. The molecular weight excluding hydrogens is 364 g/mol. The lowest BCUT2D eigenvalue weighted by Gasteiger charge is -2.28. The summed E-state index contributed by atoms with van der Waals surface area (Å²) in [5.41, 5.74) is 4.83. The van der Waals surface area contributed by atoms with Gasteiger partial charge in [-0.3, -0.25) is 4.79 Å². The predicted octanol–water partition coefficient (Wildman–Crippen LogP) is 2.06. The van der Waals surface area contributed by atoms with E-state index in [4.69, 9.17) is 10.5 Å². The number of hydrogen-bond acceptors (Lipinski definition) is 6. The molecule has 1 aromatic heterocycles. The molecule has 2 N–H and O–H groups in total. The predicted molar refractivity (Wildman–Crippen MR) is 94.7 cm³/mol. The molecule has 1 saturated heterocycles. The summed E-state index contributed by atoms with van der Waals surface area (Å²) in [6.07, 6.45) is 0.645. The lowest BCUT2D eigenvalue weighted by atomic mass is 10.1. The van der Waals surface area contributed by atoms with Gasteiger partial charge in [0.15, 0.2) is 5.82 Å². The normalized spacial score (nSPS) is 18.8. The Balaban J connectivity index is 1.97. The summed E-state index contributed by atoms with van der Waals surface area (Å²) >= 11 is 1.26. The van der Waals surface area contributed by atoms with Crippen LogP contribution >= 0.6 is 11.8 Å². The zero-order valence-electron chi connectivity index (χ0n) is 14.1. The molecule has 0 saturated carbocycles. The topological polar surface area (TPSA) is 77.6 Å². The number of benzene rings is 1. The molecule has 0 spiro atoms. The number of aromatic nitrogens is 1. The van der Waals surface area contributed by atoms with Crippen LogP contribution in [-0.2, 0) is 10.6 Å². The summed E-state index contributed by atoms with van der Waals surface area (Å²) in [7, 11) is 0. The average molecular weight is 381 g/mol. The van der Waals surface area contributed by atoms with E-state index in [-0.39, 0.29) is 34.8 Å². The van der Waals surface area contributed by atoms with Crippen molar-refractivity contribution in [3.63, 3.8) is 0 Å². The number of carbonyl (C=O) groups excluding carboxylic acids is 1. The molecule has 3 heterocycles. The highest BCUT2D eigenvalue weighted by atomic mass is 32.2. The number of carbonyl (C=O) groups is 1. The van der Waals surface area contributed by atoms with E-state index in [0.717, 1.165) is 6.07 Å². The quantitative estimate of drug-likeness (QED) is 0.820. The van der Waals surface area contributed by atoms with Gasteiger partial charge in [-0.2, -0.15) is 0 Å². The van der Waals surface area contributed by atoms with Crippen LogP contribution in [0, 0.1) is 11.6 Å². The molecule has 2 aliphatic heterocycles. The van der Waals surface area contributed by atoms with Gasteiger partial charge in [-0.05, 0) is 19.4 Å². The van der Waals surface area contributed by atoms with Crippen LogP contribution < -0.4 is 16.1 Å². The van der Waals surface area contributed by atoms with E-state index < -0.39 is 23.0 Å². The summed E-state index contributed by atoms with van der Waals surface area (Å²) in [6, 6.07) is 0.871. The molecule has 1 atom stereocenters. The van der Waals surface area contributed by atoms with Gasteiger partial charge in [0.2, 0.25) is 5.43 Å². The summed E-state index contributed by atoms with van der Waals surface area (Å²) in [4.78, 5) is 26.5. The Bertz CT molecular complexity index is 992. The van der Waals surface area contributed by atoms with Crippen molar-refractivity contribution in [3.05, 3.63) is 33.5 Å². The number of fused-ring (bicyclic) bond motifs is 3. The Morgan fingerprint density at radius 2 is 2.23 bits per heavy atom. The number of halogens is 2. The molecule has 138 valence electrons. The van der Waals surface area contributed by atoms with E-state index in [2.05, 4.69) is 0 Å². The molecule has 4 rings (SSSR count). The zero-order chi connectivity index (χ0) is 18.6. The SMILES string of the molecule is CCOC(=O)c1c2n(c3c(F)c(N4CCC(N)C4)c(F)cc3c1=O)CS2. The van der Waals surface area contributed by atoms with Gasteiger partial charge in [0.1, 0.15) is 17.1 Å². The number of rotatable bonds is 3. The Labute approximate surface area is 151 Å². The van der Waals surface area contributed by atoms with Gasteiger partial charge in [0, 0.05) is 19.1 Å². The molecule has 1 fully saturated rings. The van der Waals surface area contributed by atoms with Crippen molar-refractivity contribution >= 4 is 34.3 Å². The highest BCUT2D eigenvalue weighted by Crippen LogP contribution is 2.40. The maximum absolute atomic E-state index is 15.2. The van der Waals surface area contributed by atoms with Crippen molar-refractivity contribution in [2.75, 3.05) is 24.6 Å². The number of hydrogen-bond donors (Lipinski definition) is 1. The van der Waals surface area contributed by atoms with Crippen LogP contribution in [0.5, 0.6) is 0 Å². The van der Waals surface area contributed by atoms with E-state index >= 15 is 4.39 Å². The fourth-order valence-electron chi connectivity index (χ4n) is 3.50. The molecule has 2 aromatic rings. The fraction of sp³-hybridized carbons (Fsp3) is 0.412. The number of esters is 1. The number of pyridine rings is 1. The summed E-state index contributed by atoms with van der Waals surface area (Å²) in [6.45, 7) is 2.54. The van der Waals surface area contributed by atoms with Crippen LogP contribution in [0.15, 0.2) is 15.9 Å². The van der Waals surface area contributed by atoms with Crippen LogP contribution in [0.3, 0.4) is 0 Å². The second kappa shape index (κ2) is 6.24. The first kappa shape index (κ1) is 17.3. The molecule has 2 aliphatic rings. The first-order chi connectivity index (χ1) is 12.4. The van der Waals surface area contributed by atoms with Crippen LogP contribution in [-0.4, -0.2) is 36.3 Å². The van der Waals surface area contributed by atoms with Crippen molar-refractivity contribution in [2.45, 2.75) is 30.3 Å². The average Bonchev–Trinajstić information content (AvgIpc) is 2.98. The van der Waals surface area contributed by atoms with Crippen LogP contribution in [0.1, 0.15) is 23.7 Å². The third-order valence-electron chi connectivity index (χ3n) is 4.72. The molecule has 9 heteroatoms. The van der Waals surface area contributed by atoms with Crippen molar-refractivity contribution in [3.8, 4) is 0 Å². The van der Waals surface area contributed by atoms with E-state index in [9.17, 15) is 14.0 Å². The van der Waals surface area contributed by atoms with Crippen molar-refractivity contribution in [1.29, 1.82) is 0 Å². The smallest absolute Gasteiger partial charge is 0.344 e. The molecule has 0 bridgehead atoms. The van der Waals surface area contributed by atoms with Gasteiger partial charge in [-0.15, -0.1) is 0 Å². The minimum absolute atomic E-state index is 0.0219. The molecule has 6 nitrogen and oxygen atoms in total. The Morgan fingerprint density at radius 1 is 1.46 bits per heavy atom. The van der Waals surface area contributed by atoms with Crippen LogP contribution in [0.25, 0.3) is 10.9 Å². The maximum Gasteiger partial charge on any atom is 0.344 e. The van der Waals surface area contributed by atoms with E-state index in [1.807, 2.05) is 0 Å². The van der Waals surface area contributed by atoms with Crippen LogP contribution in [0.2, 0.25) is 0 Å². The highest BCUT2D eigenvalue weighted by molar-refractivity contribution is 7.99. The van der Waals surface area contributed by atoms with Gasteiger partial charge in [0.05, 0.1) is 28.4 Å².